The molecule has 0 saturated heterocycles. The van der Waals surface area contributed by atoms with Gasteiger partial charge in [0.1, 0.15) is 11.8 Å². The van der Waals surface area contributed by atoms with Crippen LogP contribution < -0.4 is 21.7 Å². The normalized spacial score (nSPS) is 13.5. The molecule has 1 aromatic carbocycles. The molecule has 0 aliphatic rings. The van der Waals surface area contributed by atoms with E-state index < -0.39 is 72.2 Å². The molecule has 43 heavy (non-hydrogen) atoms. The lowest BCUT2D eigenvalue weighted by atomic mass is 9.89. The molecule has 0 radical (unpaired) electrons. The van der Waals surface area contributed by atoms with Crippen LogP contribution in [0.1, 0.15) is 70.8 Å². The molecule has 0 saturated carbocycles. The second-order valence-electron chi connectivity index (χ2n) is 10.5. The van der Waals surface area contributed by atoms with Gasteiger partial charge in [0.15, 0.2) is 5.78 Å². The van der Waals surface area contributed by atoms with Gasteiger partial charge in [-0.3, -0.25) is 28.8 Å². The summed E-state index contributed by atoms with van der Waals surface area (Å²) < 4.78 is 0. The van der Waals surface area contributed by atoms with E-state index in [0.29, 0.717) is 29.9 Å². The molecule has 1 aromatic rings. The predicted octanol–water partition coefficient (Wildman–Crippen LogP) is 1.44. The standard InChI is InChI=1S/C29H42N4O9S/c1-17(6-12-25(36)37)28(41)32-22(11-13-26(38)39)24(35)16-20(15-19-7-9-21(34)10-8-19)29(42)33-23(27(30)40)5-3-4-14-31-18(2)43/h7-10,17,20,22-23,34H,3-6,11-16H2,1-2H3,(H2,30,40)(H,31,43)(H,32,41)(H,33,42)(H,36,37)(H,38,39). The summed E-state index contributed by atoms with van der Waals surface area (Å²) in [5.41, 5.74) is 6.14. The average molecular weight is 623 g/mol. The van der Waals surface area contributed by atoms with Crippen LogP contribution in [0.25, 0.3) is 0 Å². The summed E-state index contributed by atoms with van der Waals surface area (Å²) in [6.07, 6.45) is 0.190. The summed E-state index contributed by atoms with van der Waals surface area (Å²) in [5, 5.41) is 35.9. The number of Topliss-reactive ketones (excluding diaryl/α,β-unsaturated/α-hetero) is 1. The molecule has 8 N–H and O–H groups in total. The SMILES string of the molecule is CC(=S)NCCCCC(NC(=O)C(CC(=O)C(CCC(=O)O)NC(=O)C(C)CCC(=O)O)Cc1ccc(O)cc1)C(N)=O. The third-order valence-corrected chi connectivity index (χ3v) is 6.93. The molecule has 3 amide bonds. The smallest absolute Gasteiger partial charge is 0.303 e. The number of aromatic hydroxyl groups is 1. The summed E-state index contributed by atoms with van der Waals surface area (Å²) in [6.45, 7) is 3.83. The van der Waals surface area contributed by atoms with Gasteiger partial charge in [-0.1, -0.05) is 31.3 Å². The maximum atomic E-state index is 13.4. The summed E-state index contributed by atoms with van der Waals surface area (Å²) >= 11 is 4.97. The highest BCUT2D eigenvalue weighted by atomic mass is 32.1. The van der Waals surface area contributed by atoms with Crippen molar-refractivity contribution in [2.24, 2.45) is 17.6 Å². The van der Waals surface area contributed by atoms with Gasteiger partial charge in [-0.2, -0.15) is 0 Å². The number of carbonyl (C=O) groups excluding carboxylic acids is 4. The van der Waals surface area contributed by atoms with Crippen molar-refractivity contribution in [1.29, 1.82) is 0 Å². The van der Waals surface area contributed by atoms with Gasteiger partial charge >= 0.3 is 11.9 Å². The first-order chi connectivity index (χ1) is 20.2. The maximum absolute atomic E-state index is 13.4. The van der Waals surface area contributed by atoms with Crippen LogP contribution in [-0.4, -0.2) is 74.4 Å². The fourth-order valence-electron chi connectivity index (χ4n) is 4.24. The van der Waals surface area contributed by atoms with Crippen LogP contribution >= 0.6 is 12.2 Å². The number of nitrogens with two attached hydrogens (primary N) is 1. The van der Waals surface area contributed by atoms with Gasteiger partial charge in [0.05, 0.1) is 11.0 Å². The molecule has 0 heterocycles. The molecule has 1 rings (SSSR count). The van der Waals surface area contributed by atoms with Crippen LogP contribution in [0.5, 0.6) is 5.75 Å². The van der Waals surface area contributed by atoms with Gasteiger partial charge in [0.25, 0.3) is 0 Å². The quantitative estimate of drug-likeness (QED) is 0.0767. The number of primary amides is 1. The fourth-order valence-corrected chi connectivity index (χ4v) is 4.34. The van der Waals surface area contributed by atoms with E-state index in [4.69, 9.17) is 23.1 Å². The average Bonchev–Trinajstić information content (AvgIpc) is 2.93. The van der Waals surface area contributed by atoms with Crippen molar-refractivity contribution in [2.75, 3.05) is 6.54 Å². The Morgan fingerprint density at radius 1 is 0.860 bits per heavy atom. The lowest BCUT2D eigenvalue weighted by molar-refractivity contribution is -0.139. The summed E-state index contributed by atoms with van der Waals surface area (Å²) in [4.78, 5) is 74.4. The molecule has 4 unspecified atom stereocenters. The molecular weight excluding hydrogens is 580 g/mol. The highest BCUT2D eigenvalue weighted by Gasteiger charge is 2.31. The fraction of sp³-hybridized carbons (Fsp3) is 0.552. The largest absolute Gasteiger partial charge is 0.508 e. The Morgan fingerprint density at radius 2 is 1.44 bits per heavy atom. The number of aliphatic carboxylic acids is 2. The Balaban J connectivity index is 3.11. The lowest BCUT2D eigenvalue weighted by Crippen LogP contribution is -2.48. The number of ketones is 1. The topological polar surface area (TPSA) is 225 Å². The molecule has 0 aliphatic carbocycles. The molecular formula is C29H42N4O9S. The Hall–Kier alpha value is -4.07. The Labute approximate surface area is 256 Å². The zero-order chi connectivity index (χ0) is 32.5. The van der Waals surface area contributed by atoms with Crippen molar-refractivity contribution in [2.45, 2.75) is 83.7 Å². The number of phenols is 1. The number of carbonyl (C=O) groups is 6. The van der Waals surface area contributed by atoms with E-state index in [1.54, 1.807) is 19.1 Å². The summed E-state index contributed by atoms with van der Waals surface area (Å²) in [6, 6.07) is 3.74. The maximum Gasteiger partial charge on any atom is 0.303 e. The van der Waals surface area contributed by atoms with Crippen molar-refractivity contribution < 1.29 is 44.1 Å². The van der Waals surface area contributed by atoms with Gasteiger partial charge in [-0.05, 0) is 63.1 Å². The monoisotopic (exact) mass is 622 g/mol. The third kappa shape index (κ3) is 15.7. The minimum atomic E-state index is -1.24. The number of carboxylic acids is 2. The molecule has 0 aliphatic heterocycles. The highest BCUT2D eigenvalue weighted by Crippen LogP contribution is 2.19. The molecule has 0 bridgehead atoms. The van der Waals surface area contributed by atoms with Gasteiger partial charge in [-0.15, -0.1) is 0 Å². The molecule has 0 aromatic heterocycles. The second kappa shape index (κ2) is 19.2. The van der Waals surface area contributed by atoms with Crippen LogP contribution in [-0.2, 0) is 35.2 Å². The van der Waals surface area contributed by atoms with Crippen LogP contribution in [0.4, 0.5) is 0 Å². The molecule has 0 spiro atoms. The van der Waals surface area contributed by atoms with Crippen molar-refractivity contribution >= 4 is 52.6 Å². The van der Waals surface area contributed by atoms with E-state index in [1.165, 1.54) is 19.1 Å². The number of unbranched alkanes of at least 4 members (excludes halogenated alkanes) is 1. The molecule has 4 atom stereocenters. The lowest BCUT2D eigenvalue weighted by Gasteiger charge is -2.24. The summed E-state index contributed by atoms with van der Waals surface area (Å²) in [7, 11) is 0. The van der Waals surface area contributed by atoms with Gasteiger partial charge in [-0.25, -0.2) is 0 Å². The van der Waals surface area contributed by atoms with E-state index in [1.807, 2.05) is 0 Å². The van der Waals surface area contributed by atoms with Gasteiger partial charge in [0.2, 0.25) is 17.7 Å². The minimum absolute atomic E-state index is 0.00131. The number of nitrogens with one attached hydrogen (secondary N) is 3. The van der Waals surface area contributed by atoms with Crippen LogP contribution in [0.2, 0.25) is 0 Å². The first-order valence-electron chi connectivity index (χ1n) is 14.1. The first-order valence-corrected chi connectivity index (χ1v) is 14.5. The van der Waals surface area contributed by atoms with Crippen molar-refractivity contribution in [3.63, 3.8) is 0 Å². The number of phenolic OH excluding ortho intramolecular Hbond substituents is 1. The Bertz CT molecular complexity index is 1140. The zero-order valence-corrected chi connectivity index (χ0v) is 25.3. The first kappa shape index (κ1) is 37.0. The highest BCUT2D eigenvalue weighted by molar-refractivity contribution is 7.80. The second-order valence-corrected chi connectivity index (χ2v) is 11.1. The summed E-state index contributed by atoms with van der Waals surface area (Å²) in [5.74, 6) is -6.64. The zero-order valence-electron chi connectivity index (χ0n) is 24.5. The number of rotatable bonds is 21. The molecule has 238 valence electrons. The van der Waals surface area contributed by atoms with E-state index in [0.717, 1.165) is 0 Å². The number of hydrogen-bond acceptors (Lipinski definition) is 8. The van der Waals surface area contributed by atoms with Gasteiger partial charge in [0, 0.05) is 37.6 Å². The van der Waals surface area contributed by atoms with Crippen molar-refractivity contribution in [3.05, 3.63) is 29.8 Å². The Kier molecular flexibility index (Phi) is 16.5. The minimum Gasteiger partial charge on any atom is -0.508 e. The van der Waals surface area contributed by atoms with E-state index in [-0.39, 0.29) is 37.9 Å². The van der Waals surface area contributed by atoms with E-state index >= 15 is 0 Å². The van der Waals surface area contributed by atoms with Crippen LogP contribution in [0, 0.1) is 11.8 Å². The third-order valence-electron chi connectivity index (χ3n) is 6.78. The van der Waals surface area contributed by atoms with Crippen molar-refractivity contribution in [3.8, 4) is 5.75 Å². The van der Waals surface area contributed by atoms with Crippen LogP contribution in [0.3, 0.4) is 0 Å². The molecule has 14 heteroatoms. The van der Waals surface area contributed by atoms with E-state index in [2.05, 4.69) is 16.0 Å². The van der Waals surface area contributed by atoms with Gasteiger partial charge < -0.3 is 37.0 Å². The van der Waals surface area contributed by atoms with Crippen molar-refractivity contribution in [1.82, 2.24) is 16.0 Å². The van der Waals surface area contributed by atoms with E-state index in [9.17, 15) is 39.0 Å². The molecule has 0 fully saturated rings. The Morgan fingerprint density at radius 3 is 2.00 bits per heavy atom. The van der Waals surface area contributed by atoms with Crippen LogP contribution in [0.15, 0.2) is 24.3 Å². The number of carboxylic acid groups (broad SMARTS) is 2. The number of amides is 3. The number of thiocarbonyl (C=S) groups is 1. The molecule has 13 nitrogen and oxygen atoms in total. The number of hydrogen-bond donors (Lipinski definition) is 7. The predicted molar refractivity (Wildman–Crippen MR) is 161 cm³/mol. The number of benzene rings is 1.